The lowest BCUT2D eigenvalue weighted by Crippen LogP contribution is -2.29. The first kappa shape index (κ1) is 14.0. The summed E-state index contributed by atoms with van der Waals surface area (Å²) in [6, 6.07) is 0.701. The van der Waals surface area contributed by atoms with Gasteiger partial charge in [0.1, 0.15) is 0 Å². The van der Waals surface area contributed by atoms with Crippen molar-refractivity contribution in [1.29, 1.82) is 0 Å². The molecule has 1 N–H and O–H groups in total. The Morgan fingerprint density at radius 2 is 2.06 bits per heavy atom. The van der Waals surface area contributed by atoms with E-state index < -0.39 is 0 Å². The minimum absolute atomic E-state index is 0.701. The van der Waals surface area contributed by atoms with E-state index in [1.54, 1.807) is 0 Å². The van der Waals surface area contributed by atoms with E-state index in [1.165, 1.54) is 44.9 Å². The second kappa shape index (κ2) is 9.00. The number of nitrogens with one attached hydrogen (secondary N) is 1. The maximum absolute atomic E-state index is 5.66. The summed E-state index contributed by atoms with van der Waals surface area (Å²) < 4.78 is 5.66. The molecule has 1 aliphatic carbocycles. The van der Waals surface area contributed by atoms with Crippen LogP contribution in [-0.4, -0.2) is 25.8 Å². The molecule has 1 rings (SSSR count). The molecule has 0 saturated heterocycles. The summed E-state index contributed by atoms with van der Waals surface area (Å²) >= 11 is 0. The zero-order valence-corrected chi connectivity index (χ0v) is 11.1. The van der Waals surface area contributed by atoms with E-state index in [0.717, 1.165) is 25.7 Å². The average Bonchev–Trinajstić information content (AvgIpc) is 3.11. The zero-order valence-electron chi connectivity index (χ0n) is 11.1. The number of hydrogen-bond donors (Lipinski definition) is 1. The van der Waals surface area contributed by atoms with E-state index >= 15 is 0 Å². The van der Waals surface area contributed by atoms with E-state index in [9.17, 15) is 0 Å². The monoisotopic (exact) mass is 227 g/mol. The van der Waals surface area contributed by atoms with Crippen molar-refractivity contribution in [3.8, 4) is 0 Å². The van der Waals surface area contributed by atoms with Crippen LogP contribution in [0, 0.1) is 5.92 Å². The molecule has 0 radical (unpaired) electrons. The van der Waals surface area contributed by atoms with E-state index in [-0.39, 0.29) is 0 Å². The molecule has 0 bridgehead atoms. The van der Waals surface area contributed by atoms with E-state index in [1.807, 2.05) is 0 Å². The van der Waals surface area contributed by atoms with Crippen LogP contribution < -0.4 is 5.32 Å². The first-order valence-electron chi connectivity index (χ1n) is 7.18. The van der Waals surface area contributed by atoms with Crippen LogP contribution in [-0.2, 0) is 4.74 Å². The molecule has 2 nitrogen and oxygen atoms in total. The van der Waals surface area contributed by atoms with Crippen molar-refractivity contribution in [1.82, 2.24) is 5.32 Å². The molecule has 0 amide bonds. The molecule has 0 aliphatic heterocycles. The van der Waals surface area contributed by atoms with Gasteiger partial charge in [-0.15, -0.1) is 0 Å². The average molecular weight is 227 g/mol. The van der Waals surface area contributed by atoms with Gasteiger partial charge >= 0.3 is 0 Å². The van der Waals surface area contributed by atoms with Crippen LogP contribution in [0.25, 0.3) is 0 Å². The topological polar surface area (TPSA) is 21.3 Å². The quantitative estimate of drug-likeness (QED) is 0.546. The summed E-state index contributed by atoms with van der Waals surface area (Å²) in [7, 11) is 0. The molecule has 1 aliphatic rings. The summed E-state index contributed by atoms with van der Waals surface area (Å²) in [4.78, 5) is 0. The largest absolute Gasteiger partial charge is 0.381 e. The van der Waals surface area contributed by atoms with Gasteiger partial charge in [-0.1, -0.05) is 26.7 Å². The van der Waals surface area contributed by atoms with Crippen LogP contribution in [0.1, 0.15) is 58.8 Å². The Bertz CT molecular complexity index is 157. The van der Waals surface area contributed by atoms with Gasteiger partial charge in [-0.3, -0.25) is 0 Å². The summed E-state index contributed by atoms with van der Waals surface area (Å²) in [6.07, 6.45) is 9.13. The van der Waals surface area contributed by atoms with E-state index in [0.29, 0.717) is 6.04 Å². The molecule has 2 heteroatoms. The summed E-state index contributed by atoms with van der Waals surface area (Å²) in [5.41, 5.74) is 0. The van der Waals surface area contributed by atoms with Crippen molar-refractivity contribution in [2.45, 2.75) is 64.8 Å². The van der Waals surface area contributed by atoms with Gasteiger partial charge in [-0.05, 0) is 44.6 Å². The molecule has 0 heterocycles. The molecule has 0 spiro atoms. The lowest BCUT2D eigenvalue weighted by molar-refractivity contribution is 0.122. The van der Waals surface area contributed by atoms with Crippen molar-refractivity contribution >= 4 is 0 Å². The van der Waals surface area contributed by atoms with Crippen LogP contribution in [0.15, 0.2) is 0 Å². The van der Waals surface area contributed by atoms with Gasteiger partial charge in [0.2, 0.25) is 0 Å². The molecule has 0 aromatic rings. The Kier molecular flexibility index (Phi) is 7.87. The Morgan fingerprint density at radius 1 is 1.25 bits per heavy atom. The normalized spacial score (nSPS) is 17.6. The molecular weight excluding hydrogens is 198 g/mol. The van der Waals surface area contributed by atoms with Gasteiger partial charge in [0.25, 0.3) is 0 Å². The van der Waals surface area contributed by atoms with Gasteiger partial charge in [0, 0.05) is 19.3 Å². The Labute approximate surface area is 101 Å². The number of rotatable bonds is 11. The van der Waals surface area contributed by atoms with E-state index in [2.05, 4.69) is 19.2 Å². The molecular formula is C14H29NO. The van der Waals surface area contributed by atoms with Crippen LogP contribution in [0.5, 0.6) is 0 Å². The number of hydrogen-bond acceptors (Lipinski definition) is 2. The maximum Gasteiger partial charge on any atom is 0.0468 e. The molecule has 0 aromatic heterocycles. The summed E-state index contributed by atoms with van der Waals surface area (Å²) in [5, 5.41) is 3.58. The fourth-order valence-electron chi connectivity index (χ4n) is 1.99. The van der Waals surface area contributed by atoms with E-state index in [4.69, 9.17) is 4.74 Å². The Balaban J connectivity index is 1.83. The second-order valence-corrected chi connectivity index (χ2v) is 5.05. The van der Waals surface area contributed by atoms with Crippen LogP contribution >= 0.6 is 0 Å². The Hall–Kier alpha value is -0.0800. The molecule has 16 heavy (non-hydrogen) atoms. The van der Waals surface area contributed by atoms with Gasteiger partial charge < -0.3 is 10.1 Å². The first-order valence-corrected chi connectivity index (χ1v) is 7.18. The molecule has 1 fully saturated rings. The highest BCUT2D eigenvalue weighted by atomic mass is 16.5. The zero-order chi connectivity index (χ0) is 11.6. The number of ether oxygens (including phenoxy) is 1. The lowest BCUT2D eigenvalue weighted by atomic mass is 10.1. The van der Waals surface area contributed by atoms with Crippen molar-refractivity contribution in [3.05, 3.63) is 0 Å². The van der Waals surface area contributed by atoms with Gasteiger partial charge in [0.15, 0.2) is 0 Å². The van der Waals surface area contributed by atoms with Gasteiger partial charge in [-0.25, -0.2) is 0 Å². The second-order valence-electron chi connectivity index (χ2n) is 5.05. The minimum Gasteiger partial charge on any atom is -0.381 e. The first-order chi connectivity index (χ1) is 7.86. The Morgan fingerprint density at radius 3 is 2.69 bits per heavy atom. The predicted molar refractivity (Wildman–Crippen MR) is 69.8 cm³/mol. The third kappa shape index (κ3) is 7.24. The molecule has 96 valence electrons. The van der Waals surface area contributed by atoms with Crippen LogP contribution in [0.4, 0.5) is 0 Å². The van der Waals surface area contributed by atoms with Crippen LogP contribution in [0.2, 0.25) is 0 Å². The van der Waals surface area contributed by atoms with Gasteiger partial charge in [-0.2, -0.15) is 0 Å². The fraction of sp³-hybridized carbons (Fsp3) is 1.00. The molecule has 1 atom stereocenters. The molecule has 0 aromatic carbocycles. The third-order valence-corrected chi connectivity index (χ3v) is 3.38. The maximum atomic E-state index is 5.66. The van der Waals surface area contributed by atoms with Crippen LogP contribution in [0.3, 0.4) is 0 Å². The smallest absolute Gasteiger partial charge is 0.0468 e. The molecule has 1 saturated carbocycles. The van der Waals surface area contributed by atoms with Crippen molar-refractivity contribution in [3.63, 3.8) is 0 Å². The lowest BCUT2D eigenvalue weighted by Gasteiger charge is -2.16. The minimum atomic E-state index is 0.701. The van der Waals surface area contributed by atoms with Crippen molar-refractivity contribution < 1.29 is 4.74 Å². The molecule has 1 unspecified atom stereocenters. The fourth-order valence-corrected chi connectivity index (χ4v) is 1.99. The standard InChI is InChI=1S/C14H29NO/c1-3-10-15-14(4-2)6-5-11-16-12-9-13-7-8-13/h13-15H,3-12H2,1-2H3. The third-order valence-electron chi connectivity index (χ3n) is 3.38. The van der Waals surface area contributed by atoms with Crippen molar-refractivity contribution in [2.24, 2.45) is 5.92 Å². The predicted octanol–water partition coefficient (Wildman–Crippen LogP) is 3.36. The van der Waals surface area contributed by atoms with Crippen molar-refractivity contribution in [2.75, 3.05) is 19.8 Å². The van der Waals surface area contributed by atoms with Gasteiger partial charge in [0.05, 0.1) is 0 Å². The summed E-state index contributed by atoms with van der Waals surface area (Å²) in [5.74, 6) is 1.01. The SMILES string of the molecule is CCCNC(CC)CCCOCCC1CC1. The highest BCUT2D eigenvalue weighted by molar-refractivity contribution is 4.72. The highest BCUT2D eigenvalue weighted by Gasteiger charge is 2.20. The summed E-state index contributed by atoms with van der Waals surface area (Å²) in [6.45, 7) is 7.59. The highest BCUT2D eigenvalue weighted by Crippen LogP contribution is 2.32.